The van der Waals surface area contributed by atoms with Gasteiger partial charge in [0.2, 0.25) is 0 Å². The SMILES string of the molecule is CCCCCCCCCCCCCCCCc1c(C)c(C)c(C)c(S(=O)(=O)O)c1C. The molecule has 0 aliphatic heterocycles. The van der Waals surface area contributed by atoms with Gasteiger partial charge in [0.15, 0.2) is 0 Å². The summed E-state index contributed by atoms with van der Waals surface area (Å²) in [6, 6.07) is 0. The highest BCUT2D eigenvalue weighted by Gasteiger charge is 2.22. The summed E-state index contributed by atoms with van der Waals surface area (Å²) in [5, 5.41) is 0. The topological polar surface area (TPSA) is 54.4 Å². The van der Waals surface area contributed by atoms with E-state index < -0.39 is 10.1 Å². The second kappa shape index (κ2) is 14.2. The van der Waals surface area contributed by atoms with E-state index in [1.54, 1.807) is 6.92 Å². The molecule has 1 aromatic carbocycles. The van der Waals surface area contributed by atoms with E-state index in [0.29, 0.717) is 5.56 Å². The zero-order valence-corrected chi connectivity index (χ0v) is 21.1. The summed E-state index contributed by atoms with van der Waals surface area (Å²) in [6.45, 7) is 9.91. The molecule has 0 amide bonds. The van der Waals surface area contributed by atoms with Crippen LogP contribution in [0.4, 0.5) is 0 Å². The van der Waals surface area contributed by atoms with E-state index in [-0.39, 0.29) is 4.90 Å². The molecule has 0 aromatic heterocycles. The predicted molar refractivity (Wildman–Crippen MR) is 129 cm³/mol. The standard InChI is InChI=1S/C26H46O3S/c1-6-7-8-9-10-11-12-13-14-15-16-17-18-19-20-25-22(3)21(2)23(4)26(24(25)5)30(27,28)29/h6-20H2,1-5H3,(H,27,28,29). The maximum absolute atomic E-state index is 11.8. The van der Waals surface area contributed by atoms with E-state index >= 15 is 0 Å². The Hall–Kier alpha value is -0.870. The predicted octanol–water partition coefficient (Wildman–Crippen LogP) is 8.19. The molecule has 0 radical (unpaired) electrons. The lowest BCUT2D eigenvalue weighted by Gasteiger charge is -2.19. The van der Waals surface area contributed by atoms with E-state index in [1.165, 1.54) is 89.0 Å². The van der Waals surface area contributed by atoms with Crippen molar-refractivity contribution in [1.29, 1.82) is 0 Å². The van der Waals surface area contributed by atoms with Crippen LogP contribution >= 0.6 is 0 Å². The van der Waals surface area contributed by atoms with Crippen molar-refractivity contribution in [3.05, 3.63) is 27.8 Å². The smallest absolute Gasteiger partial charge is 0.282 e. The third-order valence-corrected chi connectivity index (χ3v) is 7.88. The molecule has 0 saturated heterocycles. The minimum atomic E-state index is -4.18. The van der Waals surface area contributed by atoms with Crippen LogP contribution in [0.3, 0.4) is 0 Å². The minimum absolute atomic E-state index is 0.117. The molecule has 0 aliphatic rings. The minimum Gasteiger partial charge on any atom is -0.282 e. The fourth-order valence-electron chi connectivity index (χ4n) is 4.64. The van der Waals surface area contributed by atoms with Crippen molar-refractivity contribution in [3.63, 3.8) is 0 Å². The Labute approximate surface area is 186 Å². The van der Waals surface area contributed by atoms with Gasteiger partial charge >= 0.3 is 0 Å². The summed E-state index contributed by atoms with van der Waals surface area (Å²) in [5.41, 5.74) is 4.66. The molecule has 174 valence electrons. The Kier molecular flexibility index (Phi) is 12.9. The summed E-state index contributed by atoms with van der Waals surface area (Å²) < 4.78 is 33.4. The highest BCUT2D eigenvalue weighted by Crippen LogP contribution is 2.31. The van der Waals surface area contributed by atoms with Crippen LogP contribution in [0, 0.1) is 27.7 Å². The Balaban J connectivity index is 2.27. The van der Waals surface area contributed by atoms with Crippen molar-refractivity contribution in [1.82, 2.24) is 0 Å². The highest BCUT2D eigenvalue weighted by molar-refractivity contribution is 7.86. The monoisotopic (exact) mass is 438 g/mol. The first-order valence-electron chi connectivity index (χ1n) is 12.3. The number of hydrogen-bond donors (Lipinski definition) is 1. The quantitative estimate of drug-likeness (QED) is 0.209. The van der Waals surface area contributed by atoms with Crippen LogP contribution in [0.2, 0.25) is 0 Å². The third-order valence-electron chi connectivity index (χ3n) is 6.75. The average molecular weight is 439 g/mol. The van der Waals surface area contributed by atoms with Crippen LogP contribution in [0.5, 0.6) is 0 Å². The summed E-state index contributed by atoms with van der Waals surface area (Å²) in [6.07, 6.45) is 19.6. The summed E-state index contributed by atoms with van der Waals surface area (Å²) in [5.74, 6) is 0. The van der Waals surface area contributed by atoms with Crippen molar-refractivity contribution in [2.24, 2.45) is 0 Å². The Morgan fingerprint density at radius 3 is 1.37 bits per heavy atom. The number of benzene rings is 1. The lowest BCUT2D eigenvalue weighted by Crippen LogP contribution is -2.10. The Morgan fingerprint density at radius 2 is 0.967 bits per heavy atom. The molecule has 4 heteroatoms. The first kappa shape index (κ1) is 27.2. The third kappa shape index (κ3) is 9.09. The molecule has 1 N–H and O–H groups in total. The zero-order chi connectivity index (χ0) is 22.6. The molecule has 30 heavy (non-hydrogen) atoms. The van der Waals surface area contributed by atoms with E-state index in [9.17, 15) is 13.0 Å². The van der Waals surface area contributed by atoms with Crippen molar-refractivity contribution >= 4 is 10.1 Å². The lowest BCUT2D eigenvalue weighted by atomic mass is 9.91. The molecule has 0 spiro atoms. The van der Waals surface area contributed by atoms with Crippen molar-refractivity contribution in [2.45, 2.75) is 136 Å². The Morgan fingerprint density at radius 1 is 0.567 bits per heavy atom. The molecule has 0 aliphatic carbocycles. The molecule has 1 rings (SSSR count). The van der Waals surface area contributed by atoms with Gasteiger partial charge in [0.25, 0.3) is 10.1 Å². The summed E-state index contributed by atoms with van der Waals surface area (Å²) in [7, 11) is -4.18. The largest absolute Gasteiger partial charge is 0.295 e. The van der Waals surface area contributed by atoms with Gasteiger partial charge in [0, 0.05) is 0 Å². The van der Waals surface area contributed by atoms with E-state index in [0.717, 1.165) is 29.5 Å². The maximum Gasteiger partial charge on any atom is 0.295 e. The first-order chi connectivity index (χ1) is 14.2. The molecule has 0 unspecified atom stereocenters. The maximum atomic E-state index is 11.8. The van der Waals surface area contributed by atoms with Crippen LogP contribution in [-0.4, -0.2) is 13.0 Å². The molecular weight excluding hydrogens is 392 g/mol. The highest BCUT2D eigenvalue weighted by atomic mass is 32.2. The Bertz CT molecular complexity index is 735. The van der Waals surface area contributed by atoms with Crippen LogP contribution < -0.4 is 0 Å². The number of rotatable bonds is 16. The molecule has 0 heterocycles. The number of unbranched alkanes of at least 4 members (excludes halogenated alkanes) is 13. The van der Waals surface area contributed by atoms with E-state index in [2.05, 4.69) is 13.8 Å². The van der Waals surface area contributed by atoms with Gasteiger partial charge in [-0.1, -0.05) is 90.4 Å². The van der Waals surface area contributed by atoms with Gasteiger partial charge in [-0.05, 0) is 68.4 Å². The van der Waals surface area contributed by atoms with Gasteiger partial charge < -0.3 is 0 Å². The fourth-order valence-corrected chi connectivity index (χ4v) is 5.69. The second-order valence-electron chi connectivity index (χ2n) is 9.13. The van der Waals surface area contributed by atoms with Crippen LogP contribution in [0.25, 0.3) is 0 Å². The van der Waals surface area contributed by atoms with Gasteiger partial charge in [-0.3, -0.25) is 4.55 Å². The first-order valence-corrected chi connectivity index (χ1v) is 13.7. The van der Waals surface area contributed by atoms with Gasteiger partial charge in [0.1, 0.15) is 4.90 Å². The molecule has 3 nitrogen and oxygen atoms in total. The molecule has 0 saturated carbocycles. The van der Waals surface area contributed by atoms with Gasteiger partial charge in [-0.25, -0.2) is 0 Å². The van der Waals surface area contributed by atoms with Gasteiger partial charge in [-0.15, -0.1) is 0 Å². The van der Waals surface area contributed by atoms with Crippen molar-refractivity contribution in [3.8, 4) is 0 Å². The van der Waals surface area contributed by atoms with E-state index in [4.69, 9.17) is 0 Å². The van der Waals surface area contributed by atoms with Crippen LogP contribution in [0.1, 0.15) is 125 Å². The summed E-state index contributed by atoms with van der Waals surface area (Å²) in [4.78, 5) is 0.117. The van der Waals surface area contributed by atoms with Crippen molar-refractivity contribution < 1.29 is 13.0 Å². The normalized spacial score (nSPS) is 11.9. The van der Waals surface area contributed by atoms with E-state index in [1.807, 2.05) is 13.8 Å². The van der Waals surface area contributed by atoms with Crippen molar-refractivity contribution in [2.75, 3.05) is 0 Å². The molecule has 0 bridgehead atoms. The molecule has 0 fully saturated rings. The summed E-state index contributed by atoms with van der Waals surface area (Å²) >= 11 is 0. The van der Waals surface area contributed by atoms with Gasteiger partial charge in [0.05, 0.1) is 0 Å². The fraction of sp³-hybridized carbons (Fsp3) is 0.769. The molecule has 1 aromatic rings. The second-order valence-corrected chi connectivity index (χ2v) is 10.5. The molecular formula is C26H46O3S. The number of hydrogen-bond acceptors (Lipinski definition) is 2. The average Bonchev–Trinajstić information content (AvgIpc) is 2.67. The zero-order valence-electron chi connectivity index (χ0n) is 20.3. The van der Waals surface area contributed by atoms with Crippen LogP contribution in [-0.2, 0) is 16.5 Å². The molecule has 0 atom stereocenters. The van der Waals surface area contributed by atoms with Gasteiger partial charge in [-0.2, -0.15) is 8.42 Å². The van der Waals surface area contributed by atoms with Crippen LogP contribution in [0.15, 0.2) is 4.90 Å². The lowest BCUT2D eigenvalue weighted by molar-refractivity contribution is 0.481.